The van der Waals surface area contributed by atoms with Gasteiger partial charge in [-0.05, 0) is 93.2 Å². The summed E-state index contributed by atoms with van der Waals surface area (Å²) in [5.74, 6) is 0.230. The Kier molecular flexibility index (Phi) is 17.1. The third-order valence-corrected chi connectivity index (χ3v) is 11.3. The van der Waals surface area contributed by atoms with Crippen LogP contribution in [0.5, 0.6) is 0 Å². The summed E-state index contributed by atoms with van der Waals surface area (Å²) in [6.07, 6.45) is 30.0. The minimum absolute atomic E-state index is 0.0436. The van der Waals surface area contributed by atoms with Crippen molar-refractivity contribution in [2.75, 3.05) is 0 Å². The van der Waals surface area contributed by atoms with E-state index in [0.29, 0.717) is 12.8 Å². The van der Waals surface area contributed by atoms with Crippen LogP contribution in [-0.2, 0) is 19.3 Å². The topological polar surface area (TPSA) is 90.5 Å². The molecule has 1 aliphatic carbocycles. The molecule has 2 unspecified atom stereocenters. The van der Waals surface area contributed by atoms with Crippen molar-refractivity contribution < 1.29 is 4.92 Å². The van der Waals surface area contributed by atoms with Gasteiger partial charge in [0.05, 0.1) is 22.8 Å². The molecule has 3 aromatic heterocycles. The van der Waals surface area contributed by atoms with Gasteiger partial charge in [0.25, 0.3) is 0 Å². The second kappa shape index (κ2) is 21.5. The summed E-state index contributed by atoms with van der Waals surface area (Å²) in [7, 11) is 0. The lowest BCUT2D eigenvalue weighted by atomic mass is 9.84. The summed E-state index contributed by atoms with van der Waals surface area (Å²) in [5, 5.41) is 11.7. The van der Waals surface area contributed by atoms with Crippen LogP contribution < -0.4 is 0 Å². The van der Waals surface area contributed by atoms with Gasteiger partial charge < -0.3 is 15.0 Å². The minimum atomic E-state index is -0.421. The molecule has 3 heterocycles. The summed E-state index contributed by atoms with van der Waals surface area (Å²) >= 11 is 0. The summed E-state index contributed by atoms with van der Waals surface area (Å²) in [6.45, 7) is 9.09. The van der Waals surface area contributed by atoms with Crippen LogP contribution in [0.25, 0.3) is 22.8 Å². The molecule has 0 radical (unpaired) electrons. The van der Waals surface area contributed by atoms with E-state index < -0.39 is 6.04 Å². The molecule has 3 N–H and O–H groups in total. The van der Waals surface area contributed by atoms with Crippen molar-refractivity contribution in [2.24, 2.45) is 0 Å². The molecule has 49 heavy (non-hydrogen) atoms. The number of rotatable bonds is 25. The Morgan fingerprint density at radius 2 is 1.08 bits per heavy atom. The van der Waals surface area contributed by atoms with E-state index in [-0.39, 0.29) is 10.8 Å². The Morgan fingerprint density at radius 1 is 0.612 bits per heavy atom. The maximum atomic E-state index is 11.7. The van der Waals surface area contributed by atoms with Gasteiger partial charge in [0.1, 0.15) is 0 Å². The molecule has 2 atom stereocenters. The fraction of sp³-hybridized carbons (Fsp3) is 0.721. The van der Waals surface area contributed by atoms with Crippen LogP contribution in [0.3, 0.4) is 0 Å². The van der Waals surface area contributed by atoms with Crippen LogP contribution in [0.4, 0.5) is 0 Å². The molecule has 3 aromatic rings. The number of nitro groups is 1. The van der Waals surface area contributed by atoms with Crippen LogP contribution in [-0.4, -0.2) is 25.9 Å². The second-order valence-electron chi connectivity index (χ2n) is 15.4. The fourth-order valence-electron chi connectivity index (χ4n) is 8.17. The van der Waals surface area contributed by atoms with E-state index in [0.717, 1.165) is 32.1 Å². The first kappa shape index (κ1) is 39.0. The maximum absolute atomic E-state index is 11.7. The monoisotopic (exact) mass is 675 g/mol. The summed E-state index contributed by atoms with van der Waals surface area (Å²) < 4.78 is 0. The molecule has 0 bridgehead atoms. The van der Waals surface area contributed by atoms with Gasteiger partial charge in [-0.25, -0.2) is 0 Å². The maximum Gasteiger partial charge on any atom is 0.213 e. The van der Waals surface area contributed by atoms with E-state index in [9.17, 15) is 10.1 Å². The van der Waals surface area contributed by atoms with Gasteiger partial charge >= 0.3 is 0 Å². The largest absolute Gasteiger partial charge is 0.357 e. The molecule has 1 saturated carbocycles. The molecule has 0 saturated heterocycles. The van der Waals surface area contributed by atoms with Crippen molar-refractivity contribution in [3.8, 4) is 22.8 Å². The number of nitrogens with one attached hydrogen (secondary N) is 3. The fourth-order valence-corrected chi connectivity index (χ4v) is 8.17. The highest BCUT2D eigenvalue weighted by molar-refractivity contribution is 5.71. The van der Waals surface area contributed by atoms with E-state index in [2.05, 4.69) is 60.8 Å². The number of aromatic nitrogens is 3. The average molecular weight is 675 g/mol. The first-order chi connectivity index (χ1) is 23.9. The molecule has 4 rings (SSSR count). The molecular weight excluding hydrogens is 604 g/mol. The lowest BCUT2D eigenvalue weighted by Crippen LogP contribution is -2.26. The van der Waals surface area contributed by atoms with Crippen molar-refractivity contribution in [1.82, 2.24) is 15.0 Å². The Labute approximate surface area is 298 Å². The van der Waals surface area contributed by atoms with Crippen LogP contribution in [0.2, 0.25) is 0 Å². The normalized spacial score (nSPS) is 16.5. The highest BCUT2D eigenvalue weighted by atomic mass is 16.6. The number of nitrogens with zero attached hydrogens (tertiary/aromatic N) is 1. The van der Waals surface area contributed by atoms with Crippen molar-refractivity contribution >= 4 is 0 Å². The van der Waals surface area contributed by atoms with E-state index in [1.54, 1.807) is 0 Å². The summed E-state index contributed by atoms with van der Waals surface area (Å²) in [4.78, 5) is 23.3. The van der Waals surface area contributed by atoms with Gasteiger partial charge in [-0.2, -0.15) is 0 Å². The molecule has 0 amide bonds. The zero-order valence-corrected chi connectivity index (χ0v) is 31.8. The molecule has 1 aliphatic rings. The van der Waals surface area contributed by atoms with E-state index >= 15 is 0 Å². The van der Waals surface area contributed by atoms with Gasteiger partial charge in [-0.3, -0.25) is 10.1 Å². The van der Waals surface area contributed by atoms with Crippen LogP contribution in [0.1, 0.15) is 196 Å². The van der Waals surface area contributed by atoms with Gasteiger partial charge in [-0.1, -0.05) is 117 Å². The molecular formula is C43H70N4O2. The van der Waals surface area contributed by atoms with Crippen molar-refractivity contribution in [2.45, 2.75) is 200 Å². The number of hydrogen-bond acceptors (Lipinski definition) is 2. The van der Waals surface area contributed by atoms with Crippen LogP contribution in [0, 0.1) is 17.0 Å². The Bertz CT molecular complexity index is 1360. The van der Waals surface area contributed by atoms with E-state index in [4.69, 9.17) is 0 Å². The first-order valence-corrected chi connectivity index (χ1v) is 20.7. The van der Waals surface area contributed by atoms with Gasteiger partial charge in [0, 0.05) is 35.1 Å². The highest BCUT2D eigenvalue weighted by Crippen LogP contribution is 2.38. The zero-order chi connectivity index (χ0) is 34.8. The Morgan fingerprint density at radius 3 is 1.65 bits per heavy atom. The Hall–Kier alpha value is -2.76. The second-order valence-corrected chi connectivity index (χ2v) is 15.4. The third-order valence-electron chi connectivity index (χ3n) is 11.3. The number of hydrogen-bond donors (Lipinski definition) is 3. The third kappa shape index (κ3) is 12.2. The lowest BCUT2D eigenvalue weighted by molar-refractivity contribution is -0.526. The zero-order valence-electron chi connectivity index (χ0n) is 31.8. The van der Waals surface area contributed by atoms with Gasteiger partial charge in [0.15, 0.2) is 0 Å². The molecule has 6 nitrogen and oxygen atoms in total. The number of aryl methyl sites for hydroxylation is 4. The molecule has 0 spiro atoms. The highest BCUT2D eigenvalue weighted by Gasteiger charge is 2.32. The molecule has 6 heteroatoms. The molecule has 0 aromatic carbocycles. The van der Waals surface area contributed by atoms with Crippen molar-refractivity contribution in [1.29, 1.82) is 0 Å². The SMILES string of the molecule is CCCCCCCCc1cc(-c2[nH]c(-c3[nH]c(C4CCCC([N+](=O)[O-])C4)cc3CCCCCCCC)cc2CCCCCCCC)[nH]c1C. The number of H-pyrrole nitrogens is 3. The molecule has 274 valence electrons. The lowest BCUT2D eigenvalue weighted by Gasteiger charge is -2.23. The Balaban J connectivity index is 1.60. The molecule has 0 aliphatic heterocycles. The van der Waals surface area contributed by atoms with Gasteiger partial charge in [-0.15, -0.1) is 0 Å². The first-order valence-electron chi connectivity index (χ1n) is 20.7. The number of aromatic amines is 3. The molecule has 1 fully saturated rings. The number of unbranched alkanes of at least 4 members (excludes halogenated alkanes) is 15. The standard InChI is InChI=1S/C43H70N4O2/c1-5-8-11-14-17-20-24-34-30-40(44-33(34)4)42-37(26-22-19-16-13-10-7-3)32-41(46-42)43-36(25-21-18-15-12-9-6-2)31-39(45-43)35-27-23-28-38(29-35)47(48)49/h30-32,35,38,44-46H,5-29H2,1-4H3. The van der Waals surface area contributed by atoms with E-state index in [1.807, 2.05) is 0 Å². The van der Waals surface area contributed by atoms with Gasteiger partial charge in [0.2, 0.25) is 6.04 Å². The summed E-state index contributed by atoms with van der Waals surface area (Å²) in [5.41, 5.74) is 11.6. The predicted octanol–water partition coefficient (Wildman–Crippen LogP) is 13.3. The van der Waals surface area contributed by atoms with Crippen molar-refractivity contribution in [3.63, 3.8) is 0 Å². The van der Waals surface area contributed by atoms with E-state index in [1.165, 1.54) is 166 Å². The summed E-state index contributed by atoms with van der Waals surface area (Å²) in [6, 6.07) is 6.79. The quantitative estimate of drug-likeness (QED) is 0.0474. The van der Waals surface area contributed by atoms with Crippen LogP contribution in [0.15, 0.2) is 18.2 Å². The van der Waals surface area contributed by atoms with Crippen molar-refractivity contribution in [3.05, 3.63) is 56.4 Å². The minimum Gasteiger partial charge on any atom is -0.357 e. The smallest absolute Gasteiger partial charge is 0.213 e. The average Bonchev–Trinajstić information content (AvgIpc) is 3.82. The predicted molar refractivity (Wildman–Crippen MR) is 208 cm³/mol. The van der Waals surface area contributed by atoms with Crippen LogP contribution >= 0.6 is 0 Å².